The normalized spacial score (nSPS) is 12.4. The predicted molar refractivity (Wildman–Crippen MR) is 78.8 cm³/mol. The van der Waals surface area contributed by atoms with Gasteiger partial charge in [-0.2, -0.15) is 0 Å². The van der Waals surface area contributed by atoms with E-state index >= 15 is 0 Å². The van der Waals surface area contributed by atoms with Crippen LogP contribution in [0.3, 0.4) is 0 Å². The van der Waals surface area contributed by atoms with Crippen LogP contribution in [-0.2, 0) is 13.0 Å². The molecule has 1 atom stereocenters. The number of ether oxygens (including phenoxy) is 1. The molecule has 0 radical (unpaired) electrons. The van der Waals surface area contributed by atoms with E-state index in [-0.39, 0.29) is 6.04 Å². The first-order valence-corrected chi connectivity index (χ1v) is 6.88. The third-order valence-corrected chi connectivity index (χ3v) is 3.24. The van der Waals surface area contributed by atoms with Crippen molar-refractivity contribution in [1.29, 1.82) is 0 Å². The van der Waals surface area contributed by atoms with E-state index in [1.54, 1.807) is 7.11 Å². The molecule has 0 saturated heterocycles. The smallest absolute Gasteiger partial charge is 0.122 e. The number of aromatic nitrogens is 3. The first kappa shape index (κ1) is 14.5. The Balaban J connectivity index is 2.08. The van der Waals surface area contributed by atoms with Crippen LogP contribution in [0, 0.1) is 6.92 Å². The van der Waals surface area contributed by atoms with Crippen LogP contribution in [0.1, 0.15) is 30.4 Å². The molecule has 0 fully saturated rings. The number of methoxy groups -OCH3 is 1. The van der Waals surface area contributed by atoms with Crippen LogP contribution in [0.4, 0.5) is 0 Å². The van der Waals surface area contributed by atoms with Gasteiger partial charge in [0.2, 0.25) is 0 Å². The number of nitrogens with zero attached hydrogens (tertiary/aromatic N) is 3. The lowest BCUT2D eigenvalue weighted by Gasteiger charge is -2.07. The minimum atomic E-state index is 0.176. The molecule has 0 saturated carbocycles. The Bertz CT molecular complexity index is 565. The van der Waals surface area contributed by atoms with Gasteiger partial charge in [-0.3, -0.25) is 4.98 Å². The van der Waals surface area contributed by atoms with Crippen molar-refractivity contribution in [1.82, 2.24) is 14.5 Å². The Kier molecular flexibility index (Phi) is 4.74. The van der Waals surface area contributed by atoms with Crippen LogP contribution in [0.5, 0.6) is 5.75 Å². The van der Waals surface area contributed by atoms with Crippen molar-refractivity contribution in [2.24, 2.45) is 5.73 Å². The Morgan fingerprint density at radius 3 is 2.85 bits per heavy atom. The molecule has 0 spiro atoms. The monoisotopic (exact) mass is 274 g/mol. The predicted octanol–water partition coefficient (Wildman–Crippen LogP) is 1.92. The molecule has 2 aromatic heterocycles. The minimum absolute atomic E-state index is 0.176. The summed E-state index contributed by atoms with van der Waals surface area (Å²) in [6, 6.07) is 4.05. The summed E-state index contributed by atoms with van der Waals surface area (Å²) >= 11 is 0. The molecule has 2 rings (SSSR count). The average Bonchev–Trinajstić information content (AvgIpc) is 2.85. The second-order valence-electron chi connectivity index (χ2n) is 5.05. The highest BCUT2D eigenvalue weighted by molar-refractivity contribution is 5.26. The highest BCUT2D eigenvalue weighted by Gasteiger charge is 2.06. The summed E-state index contributed by atoms with van der Waals surface area (Å²) in [4.78, 5) is 8.90. The molecule has 2 heterocycles. The molecule has 0 aromatic carbocycles. The third-order valence-electron chi connectivity index (χ3n) is 3.24. The standard InChI is InChI=1S/C15H22N4O/c1-4-12(16)6-13-8-19(10-17-13)9-14-7-15(20-3)5-11(2)18-14/h5,7-8,10,12H,4,6,9,16H2,1-3H3. The van der Waals surface area contributed by atoms with Crippen molar-refractivity contribution in [3.05, 3.63) is 41.7 Å². The quantitative estimate of drug-likeness (QED) is 0.874. The molecular formula is C15H22N4O. The van der Waals surface area contributed by atoms with Gasteiger partial charge in [-0.1, -0.05) is 6.92 Å². The number of hydrogen-bond acceptors (Lipinski definition) is 4. The van der Waals surface area contributed by atoms with Gasteiger partial charge in [0.15, 0.2) is 0 Å². The molecule has 0 aliphatic rings. The SMILES string of the molecule is CCC(N)Cc1cn(Cc2cc(OC)cc(C)n2)cn1. The summed E-state index contributed by atoms with van der Waals surface area (Å²) in [6.07, 6.45) is 5.64. The van der Waals surface area contributed by atoms with Crippen molar-refractivity contribution < 1.29 is 4.74 Å². The number of pyridine rings is 1. The van der Waals surface area contributed by atoms with Crippen molar-refractivity contribution in [3.63, 3.8) is 0 Å². The van der Waals surface area contributed by atoms with Crippen LogP contribution in [0.2, 0.25) is 0 Å². The van der Waals surface area contributed by atoms with Gasteiger partial charge in [-0.15, -0.1) is 0 Å². The number of rotatable bonds is 6. The summed E-state index contributed by atoms with van der Waals surface area (Å²) in [7, 11) is 1.67. The molecule has 5 heteroatoms. The zero-order chi connectivity index (χ0) is 14.5. The maximum atomic E-state index is 5.95. The first-order valence-electron chi connectivity index (χ1n) is 6.88. The molecular weight excluding hydrogens is 252 g/mol. The molecule has 20 heavy (non-hydrogen) atoms. The van der Waals surface area contributed by atoms with E-state index in [1.807, 2.05) is 36.1 Å². The van der Waals surface area contributed by atoms with Crippen LogP contribution >= 0.6 is 0 Å². The van der Waals surface area contributed by atoms with E-state index < -0.39 is 0 Å². The summed E-state index contributed by atoms with van der Waals surface area (Å²) in [5.74, 6) is 0.834. The fraction of sp³-hybridized carbons (Fsp3) is 0.467. The third kappa shape index (κ3) is 3.81. The number of imidazole rings is 1. The summed E-state index contributed by atoms with van der Waals surface area (Å²) in [5.41, 5.74) is 8.89. The van der Waals surface area contributed by atoms with Gasteiger partial charge in [0.25, 0.3) is 0 Å². The lowest BCUT2D eigenvalue weighted by Crippen LogP contribution is -2.21. The zero-order valence-electron chi connectivity index (χ0n) is 12.3. The molecule has 0 aliphatic heterocycles. The number of aryl methyl sites for hydroxylation is 1. The maximum absolute atomic E-state index is 5.95. The van der Waals surface area contributed by atoms with Crippen LogP contribution in [0.15, 0.2) is 24.7 Å². The van der Waals surface area contributed by atoms with E-state index in [9.17, 15) is 0 Å². The van der Waals surface area contributed by atoms with Crippen molar-refractivity contribution in [2.75, 3.05) is 7.11 Å². The van der Waals surface area contributed by atoms with Crippen LogP contribution < -0.4 is 10.5 Å². The molecule has 0 aliphatic carbocycles. The van der Waals surface area contributed by atoms with Gasteiger partial charge in [-0.25, -0.2) is 4.98 Å². The largest absolute Gasteiger partial charge is 0.497 e. The van der Waals surface area contributed by atoms with E-state index in [0.717, 1.165) is 35.7 Å². The van der Waals surface area contributed by atoms with Gasteiger partial charge >= 0.3 is 0 Å². The summed E-state index contributed by atoms with van der Waals surface area (Å²) in [5, 5.41) is 0. The van der Waals surface area contributed by atoms with E-state index in [4.69, 9.17) is 10.5 Å². The highest BCUT2D eigenvalue weighted by atomic mass is 16.5. The van der Waals surface area contributed by atoms with Gasteiger partial charge in [0.1, 0.15) is 5.75 Å². The molecule has 2 N–H and O–H groups in total. The fourth-order valence-corrected chi connectivity index (χ4v) is 2.10. The van der Waals surface area contributed by atoms with Crippen LogP contribution in [-0.4, -0.2) is 27.7 Å². The second-order valence-corrected chi connectivity index (χ2v) is 5.05. The molecule has 108 valence electrons. The van der Waals surface area contributed by atoms with Gasteiger partial charge in [0.05, 0.1) is 31.4 Å². The van der Waals surface area contributed by atoms with Crippen molar-refractivity contribution in [3.8, 4) is 5.75 Å². The molecule has 5 nitrogen and oxygen atoms in total. The summed E-state index contributed by atoms with van der Waals surface area (Å²) < 4.78 is 7.29. The average molecular weight is 274 g/mol. The van der Waals surface area contributed by atoms with E-state index in [2.05, 4.69) is 16.9 Å². The topological polar surface area (TPSA) is 66.0 Å². The van der Waals surface area contributed by atoms with Crippen LogP contribution in [0.25, 0.3) is 0 Å². The van der Waals surface area contributed by atoms with Crippen molar-refractivity contribution in [2.45, 2.75) is 39.3 Å². The Morgan fingerprint density at radius 2 is 2.15 bits per heavy atom. The molecule has 0 bridgehead atoms. The zero-order valence-corrected chi connectivity index (χ0v) is 12.3. The Labute approximate surface area is 119 Å². The maximum Gasteiger partial charge on any atom is 0.122 e. The van der Waals surface area contributed by atoms with Crippen molar-refractivity contribution >= 4 is 0 Å². The highest BCUT2D eigenvalue weighted by Crippen LogP contribution is 2.14. The molecule has 0 amide bonds. The van der Waals surface area contributed by atoms with Gasteiger partial charge in [-0.05, 0) is 13.3 Å². The van der Waals surface area contributed by atoms with E-state index in [1.165, 1.54) is 0 Å². The van der Waals surface area contributed by atoms with E-state index in [0.29, 0.717) is 6.54 Å². The first-order chi connectivity index (χ1) is 9.60. The number of nitrogens with two attached hydrogens (primary N) is 1. The number of hydrogen-bond donors (Lipinski definition) is 1. The van der Waals surface area contributed by atoms with Gasteiger partial charge in [0, 0.05) is 36.5 Å². The Morgan fingerprint density at radius 1 is 1.35 bits per heavy atom. The van der Waals surface area contributed by atoms with Gasteiger partial charge < -0.3 is 15.0 Å². The minimum Gasteiger partial charge on any atom is -0.497 e. The Hall–Kier alpha value is -1.88. The molecule has 2 aromatic rings. The molecule has 1 unspecified atom stereocenters. The fourth-order valence-electron chi connectivity index (χ4n) is 2.10. The summed E-state index contributed by atoms with van der Waals surface area (Å²) in [6.45, 7) is 4.74. The lowest BCUT2D eigenvalue weighted by atomic mass is 10.1. The lowest BCUT2D eigenvalue weighted by molar-refractivity contribution is 0.413. The second kappa shape index (κ2) is 6.52.